The summed E-state index contributed by atoms with van der Waals surface area (Å²) in [6.45, 7) is 7.22. The van der Waals surface area contributed by atoms with Crippen LogP contribution in [-0.4, -0.2) is 60.8 Å². The lowest BCUT2D eigenvalue weighted by molar-refractivity contribution is 0.0367. The van der Waals surface area contributed by atoms with Crippen molar-refractivity contribution in [2.24, 2.45) is 0 Å². The largest absolute Gasteiger partial charge is 0.379 e. The molecule has 0 aromatic heterocycles. The summed E-state index contributed by atoms with van der Waals surface area (Å²) in [5.41, 5.74) is 2.42. The Morgan fingerprint density at radius 2 is 1.79 bits per heavy atom. The third kappa shape index (κ3) is 7.59. The third-order valence-electron chi connectivity index (χ3n) is 5.15. The second-order valence-electron chi connectivity index (χ2n) is 7.29. The normalized spacial score (nSPS) is 14.5. The molecule has 2 aromatic rings. The Kier molecular flexibility index (Phi) is 9.22. The molecular weight excluding hydrogens is 402 g/mol. The van der Waals surface area contributed by atoms with E-state index in [1.54, 1.807) is 0 Å². The van der Waals surface area contributed by atoms with Gasteiger partial charge in [-0.2, -0.15) is 0 Å². The minimum atomic E-state index is 0.722. The van der Waals surface area contributed by atoms with E-state index in [9.17, 15) is 0 Å². The highest BCUT2D eigenvalue weighted by molar-refractivity contribution is 7.80. The van der Waals surface area contributed by atoms with Crippen LogP contribution in [0.1, 0.15) is 17.5 Å². The van der Waals surface area contributed by atoms with E-state index in [0.717, 1.165) is 81.0 Å². The van der Waals surface area contributed by atoms with Crippen molar-refractivity contribution in [1.29, 1.82) is 0 Å². The first-order chi connectivity index (χ1) is 14.2. The summed E-state index contributed by atoms with van der Waals surface area (Å²) in [5, 5.41) is 5.02. The Balaban J connectivity index is 1.53. The zero-order valence-corrected chi connectivity index (χ0v) is 18.4. The molecule has 1 saturated heterocycles. The summed E-state index contributed by atoms with van der Waals surface area (Å²) in [6, 6.07) is 18.5. The van der Waals surface area contributed by atoms with Gasteiger partial charge in [0.05, 0.1) is 13.2 Å². The molecule has 1 aliphatic heterocycles. The molecule has 2 aromatic carbocycles. The van der Waals surface area contributed by atoms with E-state index in [4.69, 9.17) is 28.6 Å². The summed E-state index contributed by atoms with van der Waals surface area (Å²) in [6.07, 6.45) is 2.01. The Hall–Kier alpha value is -1.66. The van der Waals surface area contributed by atoms with Crippen molar-refractivity contribution in [1.82, 2.24) is 15.1 Å². The van der Waals surface area contributed by atoms with Gasteiger partial charge in [-0.1, -0.05) is 60.1 Å². The quantitative estimate of drug-likeness (QED) is 0.606. The van der Waals surface area contributed by atoms with Crippen LogP contribution < -0.4 is 5.32 Å². The molecule has 29 heavy (non-hydrogen) atoms. The fraction of sp³-hybridized carbons (Fsp3) is 0.435. The highest BCUT2D eigenvalue weighted by Crippen LogP contribution is 2.17. The number of hydrogen-bond donors (Lipinski definition) is 1. The zero-order valence-electron chi connectivity index (χ0n) is 16.9. The minimum Gasteiger partial charge on any atom is -0.379 e. The van der Waals surface area contributed by atoms with Gasteiger partial charge in [-0.3, -0.25) is 4.90 Å². The van der Waals surface area contributed by atoms with Gasteiger partial charge in [-0.25, -0.2) is 0 Å². The molecule has 0 spiro atoms. The van der Waals surface area contributed by atoms with Crippen LogP contribution in [0, 0.1) is 0 Å². The first-order valence-corrected chi connectivity index (χ1v) is 11.1. The van der Waals surface area contributed by atoms with Gasteiger partial charge in [0.15, 0.2) is 5.11 Å². The van der Waals surface area contributed by atoms with Crippen molar-refractivity contribution < 1.29 is 4.74 Å². The fourth-order valence-electron chi connectivity index (χ4n) is 3.46. The maximum absolute atomic E-state index is 6.40. The van der Waals surface area contributed by atoms with Crippen molar-refractivity contribution >= 4 is 28.9 Å². The van der Waals surface area contributed by atoms with Crippen molar-refractivity contribution in [3.63, 3.8) is 0 Å². The molecule has 1 fully saturated rings. The standard InChI is InChI=1S/C23H30ClN3OS/c24-22-10-5-4-9-21(22)19-27(14-6-13-26-15-17-28-18-16-26)23(29)25-12-11-20-7-2-1-3-8-20/h1-5,7-10H,6,11-19H2,(H,25,29). The van der Waals surface area contributed by atoms with Crippen molar-refractivity contribution in [3.05, 3.63) is 70.7 Å². The summed E-state index contributed by atoms with van der Waals surface area (Å²) in [4.78, 5) is 4.70. The number of hydrogen-bond acceptors (Lipinski definition) is 3. The van der Waals surface area contributed by atoms with Crippen LogP contribution in [0.4, 0.5) is 0 Å². The molecule has 1 heterocycles. The molecule has 156 valence electrons. The molecule has 3 rings (SSSR count). The van der Waals surface area contributed by atoms with Gasteiger partial charge in [0.2, 0.25) is 0 Å². The van der Waals surface area contributed by atoms with Gasteiger partial charge in [-0.15, -0.1) is 0 Å². The number of benzene rings is 2. The summed E-state index contributed by atoms with van der Waals surface area (Å²) < 4.78 is 5.44. The Labute approximate surface area is 184 Å². The molecular formula is C23H30ClN3OS. The van der Waals surface area contributed by atoms with Crippen LogP contribution in [0.2, 0.25) is 5.02 Å². The SMILES string of the molecule is S=C(NCCc1ccccc1)N(CCCN1CCOCC1)Cc1ccccc1Cl. The highest BCUT2D eigenvalue weighted by atomic mass is 35.5. The molecule has 0 amide bonds. The second-order valence-corrected chi connectivity index (χ2v) is 8.08. The molecule has 4 nitrogen and oxygen atoms in total. The van der Waals surface area contributed by atoms with E-state index in [2.05, 4.69) is 45.4 Å². The van der Waals surface area contributed by atoms with Crippen LogP contribution in [-0.2, 0) is 17.7 Å². The number of nitrogens with zero attached hydrogens (tertiary/aromatic N) is 2. The number of morpholine rings is 1. The topological polar surface area (TPSA) is 27.7 Å². The predicted molar refractivity (Wildman–Crippen MR) is 124 cm³/mol. The first kappa shape index (κ1) is 22.0. The van der Waals surface area contributed by atoms with Crippen LogP contribution in [0.3, 0.4) is 0 Å². The first-order valence-electron chi connectivity index (χ1n) is 10.3. The Morgan fingerprint density at radius 3 is 2.55 bits per heavy atom. The number of halogens is 1. The number of rotatable bonds is 9. The lowest BCUT2D eigenvalue weighted by Crippen LogP contribution is -2.42. The maximum atomic E-state index is 6.40. The third-order valence-corrected chi connectivity index (χ3v) is 5.92. The molecule has 0 atom stereocenters. The average molecular weight is 432 g/mol. The van der Waals surface area contributed by atoms with Crippen LogP contribution >= 0.6 is 23.8 Å². The fourth-order valence-corrected chi connectivity index (χ4v) is 3.92. The minimum absolute atomic E-state index is 0.722. The summed E-state index contributed by atoms with van der Waals surface area (Å²) in [5.74, 6) is 0. The van der Waals surface area contributed by atoms with Gasteiger partial charge >= 0.3 is 0 Å². The van der Waals surface area contributed by atoms with Gasteiger partial charge in [0.1, 0.15) is 0 Å². The number of thiocarbonyl (C=S) groups is 1. The van der Waals surface area contributed by atoms with Gasteiger partial charge in [0.25, 0.3) is 0 Å². The van der Waals surface area contributed by atoms with E-state index in [-0.39, 0.29) is 0 Å². The Bertz CT molecular complexity index is 753. The zero-order chi connectivity index (χ0) is 20.3. The smallest absolute Gasteiger partial charge is 0.169 e. The van der Waals surface area contributed by atoms with E-state index < -0.39 is 0 Å². The summed E-state index contributed by atoms with van der Waals surface area (Å²) >= 11 is 12.1. The molecule has 0 bridgehead atoms. The van der Waals surface area contributed by atoms with Crippen molar-refractivity contribution in [2.75, 3.05) is 45.9 Å². The molecule has 6 heteroatoms. The lowest BCUT2D eigenvalue weighted by atomic mass is 10.1. The Morgan fingerprint density at radius 1 is 1.07 bits per heavy atom. The lowest BCUT2D eigenvalue weighted by Gasteiger charge is -2.30. The van der Waals surface area contributed by atoms with Gasteiger partial charge < -0.3 is 15.0 Å². The van der Waals surface area contributed by atoms with Crippen molar-refractivity contribution in [3.8, 4) is 0 Å². The van der Waals surface area contributed by atoms with Crippen molar-refractivity contribution in [2.45, 2.75) is 19.4 Å². The molecule has 0 saturated carbocycles. The second kappa shape index (κ2) is 12.1. The summed E-state index contributed by atoms with van der Waals surface area (Å²) in [7, 11) is 0. The van der Waals surface area contributed by atoms with Crippen LogP contribution in [0.5, 0.6) is 0 Å². The molecule has 0 aliphatic carbocycles. The van der Waals surface area contributed by atoms with Gasteiger partial charge in [0, 0.05) is 44.3 Å². The van der Waals surface area contributed by atoms with E-state index in [1.165, 1.54) is 5.56 Å². The van der Waals surface area contributed by atoms with Crippen LogP contribution in [0.25, 0.3) is 0 Å². The maximum Gasteiger partial charge on any atom is 0.169 e. The van der Waals surface area contributed by atoms with E-state index >= 15 is 0 Å². The molecule has 0 radical (unpaired) electrons. The number of nitrogens with one attached hydrogen (secondary N) is 1. The monoisotopic (exact) mass is 431 g/mol. The molecule has 1 aliphatic rings. The van der Waals surface area contributed by atoms with E-state index in [0.29, 0.717) is 0 Å². The molecule has 1 N–H and O–H groups in total. The number of ether oxygens (including phenoxy) is 1. The highest BCUT2D eigenvalue weighted by Gasteiger charge is 2.14. The molecule has 0 unspecified atom stereocenters. The van der Waals surface area contributed by atoms with Crippen LogP contribution in [0.15, 0.2) is 54.6 Å². The van der Waals surface area contributed by atoms with E-state index in [1.807, 2.05) is 24.3 Å². The van der Waals surface area contributed by atoms with Gasteiger partial charge in [-0.05, 0) is 42.3 Å². The predicted octanol–water partition coefficient (Wildman–Crippen LogP) is 3.98. The average Bonchev–Trinajstić information content (AvgIpc) is 2.76.